The van der Waals surface area contributed by atoms with E-state index in [9.17, 15) is 4.79 Å². The molecule has 0 saturated carbocycles. The summed E-state index contributed by atoms with van der Waals surface area (Å²) in [6, 6.07) is 8.09. The van der Waals surface area contributed by atoms with Gasteiger partial charge in [0, 0.05) is 11.6 Å². The van der Waals surface area contributed by atoms with Crippen molar-refractivity contribution in [3.63, 3.8) is 0 Å². The molecule has 1 atom stereocenters. The molecule has 0 bridgehead atoms. The molecule has 0 saturated heterocycles. The van der Waals surface area contributed by atoms with Crippen LogP contribution in [0.2, 0.25) is 0 Å². The standard InChI is InChI=1S/C17H28N2O/c1-13(2)9-10-14(3)19-17(20)16-8-6-5-7-15(16)11-12-18-4/h5-8,13-14,18H,9-12H2,1-4H3,(H,19,20). The predicted molar refractivity (Wildman–Crippen MR) is 85.1 cm³/mol. The van der Waals surface area contributed by atoms with Gasteiger partial charge in [-0.1, -0.05) is 32.0 Å². The molecular weight excluding hydrogens is 248 g/mol. The maximum atomic E-state index is 12.4. The van der Waals surface area contributed by atoms with E-state index in [1.165, 1.54) is 0 Å². The first kappa shape index (κ1) is 16.7. The predicted octanol–water partition coefficient (Wildman–Crippen LogP) is 3.00. The van der Waals surface area contributed by atoms with Gasteiger partial charge in [0.2, 0.25) is 0 Å². The second-order valence-electron chi connectivity index (χ2n) is 5.86. The molecule has 0 radical (unpaired) electrons. The van der Waals surface area contributed by atoms with Crippen molar-refractivity contribution in [1.82, 2.24) is 10.6 Å². The first-order valence-electron chi connectivity index (χ1n) is 7.58. The highest BCUT2D eigenvalue weighted by Gasteiger charge is 2.13. The minimum atomic E-state index is 0.0490. The highest BCUT2D eigenvalue weighted by Crippen LogP contribution is 2.11. The van der Waals surface area contributed by atoms with Crippen molar-refractivity contribution in [2.45, 2.75) is 46.1 Å². The molecule has 0 spiro atoms. The Kier molecular flexibility index (Phi) is 7.31. The molecule has 1 aromatic carbocycles. The number of likely N-dealkylation sites (N-methyl/N-ethyl adjacent to an activating group) is 1. The summed E-state index contributed by atoms with van der Waals surface area (Å²) < 4.78 is 0. The Hall–Kier alpha value is -1.35. The van der Waals surface area contributed by atoms with Gasteiger partial charge >= 0.3 is 0 Å². The Labute approximate surface area is 123 Å². The van der Waals surface area contributed by atoms with Crippen LogP contribution in [0.15, 0.2) is 24.3 Å². The summed E-state index contributed by atoms with van der Waals surface area (Å²) in [5.74, 6) is 0.727. The fourth-order valence-corrected chi connectivity index (χ4v) is 2.18. The smallest absolute Gasteiger partial charge is 0.251 e. The Morgan fingerprint density at radius 2 is 1.85 bits per heavy atom. The molecule has 0 aliphatic heterocycles. The quantitative estimate of drug-likeness (QED) is 0.766. The maximum absolute atomic E-state index is 12.4. The summed E-state index contributed by atoms with van der Waals surface area (Å²) in [6.45, 7) is 7.38. The molecule has 20 heavy (non-hydrogen) atoms. The van der Waals surface area contributed by atoms with Gasteiger partial charge in [0.05, 0.1) is 0 Å². The van der Waals surface area contributed by atoms with E-state index in [-0.39, 0.29) is 11.9 Å². The lowest BCUT2D eigenvalue weighted by Gasteiger charge is -2.16. The maximum Gasteiger partial charge on any atom is 0.251 e. The zero-order valence-corrected chi connectivity index (χ0v) is 13.2. The highest BCUT2D eigenvalue weighted by molar-refractivity contribution is 5.95. The van der Waals surface area contributed by atoms with Gasteiger partial charge in [-0.15, -0.1) is 0 Å². The van der Waals surface area contributed by atoms with Gasteiger partial charge in [0.25, 0.3) is 5.91 Å². The molecule has 0 aliphatic carbocycles. The normalized spacial score (nSPS) is 12.4. The molecule has 1 aromatic rings. The second kappa shape index (κ2) is 8.75. The van der Waals surface area contributed by atoms with Crippen LogP contribution in [-0.2, 0) is 6.42 Å². The highest BCUT2D eigenvalue weighted by atomic mass is 16.1. The number of rotatable bonds is 8. The lowest BCUT2D eigenvalue weighted by molar-refractivity contribution is 0.0936. The van der Waals surface area contributed by atoms with E-state index in [4.69, 9.17) is 0 Å². The zero-order valence-electron chi connectivity index (χ0n) is 13.2. The van der Waals surface area contributed by atoms with Crippen LogP contribution in [0.25, 0.3) is 0 Å². The van der Waals surface area contributed by atoms with Crippen LogP contribution in [0.4, 0.5) is 0 Å². The number of nitrogens with one attached hydrogen (secondary N) is 2. The van der Waals surface area contributed by atoms with Gasteiger partial charge < -0.3 is 10.6 Å². The summed E-state index contributed by atoms with van der Waals surface area (Å²) in [5.41, 5.74) is 1.91. The molecule has 3 heteroatoms. The topological polar surface area (TPSA) is 41.1 Å². The van der Waals surface area contributed by atoms with Crippen molar-refractivity contribution >= 4 is 5.91 Å². The number of carbonyl (C=O) groups is 1. The molecule has 1 amide bonds. The monoisotopic (exact) mass is 276 g/mol. The van der Waals surface area contributed by atoms with Crippen LogP contribution in [0.3, 0.4) is 0 Å². The molecule has 0 aromatic heterocycles. The Morgan fingerprint density at radius 3 is 2.50 bits per heavy atom. The third kappa shape index (κ3) is 5.74. The Bertz CT molecular complexity index is 415. The molecule has 2 N–H and O–H groups in total. The van der Waals surface area contributed by atoms with Crippen molar-refractivity contribution in [1.29, 1.82) is 0 Å². The van der Waals surface area contributed by atoms with E-state index in [0.29, 0.717) is 5.92 Å². The number of hydrogen-bond donors (Lipinski definition) is 2. The third-order valence-electron chi connectivity index (χ3n) is 3.46. The van der Waals surface area contributed by atoms with Crippen molar-refractivity contribution in [3.05, 3.63) is 35.4 Å². The molecule has 1 unspecified atom stereocenters. The molecule has 0 fully saturated rings. The van der Waals surface area contributed by atoms with E-state index < -0.39 is 0 Å². The van der Waals surface area contributed by atoms with Crippen LogP contribution in [-0.4, -0.2) is 25.5 Å². The summed E-state index contributed by atoms with van der Waals surface area (Å²) in [7, 11) is 1.93. The zero-order chi connectivity index (χ0) is 15.0. The molecule has 3 nitrogen and oxygen atoms in total. The van der Waals surface area contributed by atoms with E-state index >= 15 is 0 Å². The van der Waals surface area contributed by atoms with Crippen molar-refractivity contribution in [2.75, 3.05) is 13.6 Å². The van der Waals surface area contributed by atoms with Crippen LogP contribution >= 0.6 is 0 Å². The van der Waals surface area contributed by atoms with Crippen molar-refractivity contribution in [2.24, 2.45) is 5.92 Å². The van der Waals surface area contributed by atoms with Gasteiger partial charge in [-0.25, -0.2) is 0 Å². The van der Waals surface area contributed by atoms with Crippen LogP contribution < -0.4 is 10.6 Å². The summed E-state index contributed by atoms with van der Waals surface area (Å²) in [5, 5.41) is 6.23. The molecule has 0 aliphatic rings. The summed E-state index contributed by atoms with van der Waals surface area (Å²) in [6.07, 6.45) is 3.05. The third-order valence-corrected chi connectivity index (χ3v) is 3.46. The lowest BCUT2D eigenvalue weighted by Crippen LogP contribution is -2.33. The first-order chi connectivity index (χ1) is 9.54. The van der Waals surface area contributed by atoms with Crippen LogP contribution in [0.1, 0.15) is 49.5 Å². The minimum Gasteiger partial charge on any atom is -0.350 e. The Morgan fingerprint density at radius 1 is 1.15 bits per heavy atom. The Balaban J connectivity index is 2.62. The van der Waals surface area contributed by atoms with E-state index in [0.717, 1.165) is 36.9 Å². The second-order valence-corrected chi connectivity index (χ2v) is 5.86. The lowest BCUT2D eigenvalue weighted by atomic mass is 10.0. The minimum absolute atomic E-state index is 0.0490. The SMILES string of the molecule is CNCCc1ccccc1C(=O)NC(C)CCC(C)C. The summed E-state index contributed by atoms with van der Waals surface area (Å²) in [4.78, 5) is 12.4. The molecule has 112 valence electrons. The van der Waals surface area contributed by atoms with Gasteiger partial charge in [-0.3, -0.25) is 4.79 Å². The van der Waals surface area contributed by atoms with Gasteiger partial charge in [-0.2, -0.15) is 0 Å². The number of amides is 1. The largest absolute Gasteiger partial charge is 0.350 e. The van der Waals surface area contributed by atoms with Gasteiger partial charge in [0.15, 0.2) is 0 Å². The molecule has 1 rings (SSSR count). The molecule has 0 heterocycles. The first-order valence-corrected chi connectivity index (χ1v) is 7.58. The number of benzene rings is 1. The number of carbonyl (C=O) groups excluding carboxylic acids is 1. The van der Waals surface area contributed by atoms with Crippen molar-refractivity contribution in [3.8, 4) is 0 Å². The van der Waals surface area contributed by atoms with Crippen LogP contribution in [0, 0.1) is 5.92 Å². The average molecular weight is 276 g/mol. The van der Waals surface area contributed by atoms with E-state index in [1.807, 2.05) is 31.3 Å². The van der Waals surface area contributed by atoms with Gasteiger partial charge in [-0.05, 0) is 57.3 Å². The van der Waals surface area contributed by atoms with Crippen LogP contribution in [0.5, 0.6) is 0 Å². The fraction of sp³-hybridized carbons (Fsp3) is 0.588. The van der Waals surface area contributed by atoms with E-state index in [2.05, 4.69) is 31.4 Å². The average Bonchev–Trinajstić information content (AvgIpc) is 2.43. The fourth-order valence-electron chi connectivity index (χ4n) is 2.18. The van der Waals surface area contributed by atoms with E-state index in [1.54, 1.807) is 0 Å². The van der Waals surface area contributed by atoms with Gasteiger partial charge in [0.1, 0.15) is 0 Å². The van der Waals surface area contributed by atoms with Crippen molar-refractivity contribution < 1.29 is 4.79 Å². The number of hydrogen-bond acceptors (Lipinski definition) is 2. The summed E-state index contributed by atoms with van der Waals surface area (Å²) >= 11 is 0. The molecular formula is C17H28N2O.